The molecular formula is C13H26N2. The molecule has 0 aromatic heterocycles. The fraction of sp³-hybridized carbons (Fsp3) is 1.00. The fourth-order valence-electron chi connectivity index (χ4n) is 3.66. The molecule has 88 valence electrons. The number of hydrogen-bond acceptors (Lipinski definition) is 2. The highest BCUT2D eigenvalue weighted by atomic mass is 15.2. The molecule has 2 aliphatic heterocycles. The number of piperidine rings is 1. The normalized spacial score (nSPS) is 36.8. The minimum atomic E-state index is 0.639. The van der Waals surface area contributed by atoms with Gasteiger partial charge in [0.15, 0.2) is 0 Å². The summed E-state index contributed by atoms with van der Waals surface area (Å²) in [4.78, 5) is 2.76. The lowest BCUT2D eigenvalue weighted by molar-refractivity contribution is 0.0830. The molecule has 0 aromatic rings. The van der Waals surface area contributed by atoms with Gasteiger partial charge in [0.2, 0.25) is 0 Å². The van der Waals surface area contributed by atoms with Gasteiger partial charge in [-0.1, -0.05) is 13.8 Å². The van der Waals surface area contributed by atoms with Gasteiger partial charge in [-0.15, -0.1) is 0 Å². The summed E-state index contributed by atoms with van der Waals surface area (Å²) in [6.45, 7) is 9.22. The van der Waals surface area contributed by atoms with Crippen LogP contribution in [0.15, 0.2) is 0 Å². The molecule has 2 rings (SSSR count). The lowest BCUT2D eigenvalue weighted by atomic mass is 9.95. The van der Waals surface area contributed by atoms with E-state index in [2.05, 4.69) is 37.9 Å². The molecule has 0 saturated carbocycles. The maximum absolute atomic E-state index is 3.72. The van der Waals surface area contributed by atoms with E-state index in [9.17, 15) is 0 Å². The Balaban J connectivity index is 1.96. The van der Waals surface area contributed by atoms with E-state index in [-0.39, 0.29) is 0 Å². The average molecular weight is 210 g/mol. The second-order valence-corrected chi connectivity index (χ2v) is 5.92. The van der Waals surface area contributed by atoms with Crippen molar-refractivity contribution in [3.63, 3.8) is 0 Å². The Kier molecular flexibility index (Phi) is 3.36. The minimum Gasteiger partial charge on any atom is -0.312 e. The van der Waals surface area contributed by atoms with Crippen LogP contribution in [-0.4, -0.2) is 35.1 Å². The van der Waals surface area contributed by atoms with Crippen molar-refractivity contribution in [1.29, 1.82) is 0 Å². The zero-order chi connectivity index (χ0) is 11.0. The molecule has 2 fully saturated rings. The van der Waals surface area contributed by atoms with Crippen LogP contribution in [0.4, 0.5) is 0 Å². The van der Waals surface area contributed by atoms with E-state index in [0.717, 1.165) is 24.2 Å². The van der Waals surface area contributed by atoms with Gasteiger partial charge in [0.25, 0.3) is 0 Å². The number of nitrogens with zero attached hydrogens (tertiary/aromatic N) is 1. The molecule has 0 aliphatic carbocycles. The van der Waals surface area contributed by atoms with Crippen LogP contribution in [0.5, 0.6) is 0 Å². The van der Waals surface area contributed by atoms with Crippen LogP contribution in [-0.2, 0) is 0 Å². The second-order valence-electron chi connectivity index (χ2n) is 5.92. The van der Waals surface area contributed by atoms with Crippen molar-refractivity contribution >= 4 is 0 Å². The van der Waals surface area contributed by atoms with Gasteiger partial charge in [-0.2, -0.15) is 0 Å². The summed E-state index contributed by atoms with van der Waals surface area (Å²) in [5.74, 6) is 0. The molecule has 0 unspecified atom stereocenters. The van der Waals surface area contributed by atoms with E-state index in [1.807, 2.05) is 0 Å². The van der Waals surface area contributed by atoms with Crippen molar-refractivity contribution in [2.75, 3.05) is 0 Å². The largest absolute Gasteiger partial charge is 0.312 e. The molecule has 2 bridgehead atoms. The number of nitrogens with one attached hydrogen (secondary N) is 1. The topological polar surface area (TPSA) is 15.3 Å². The molecule has 2 saturated heterocycles. The predicted octanol–water partition coefficient (Wildman–Crippen LogP) is 2.39. The van der Waals surface area contributed by atoms with Gasteiger partial charge in [-0.3, -0.25) is 4.90 Å². The average Bonchev–Trinajstić information content (AvgIpc) is 2.38. The highest BCUT2D eigenvalue weighted by molar-refractivity contribution is 4.98. The summed E-state index contributed by atoms with van der Waals surface area (Å²) < 4.78 is 0. The zero-order valence-corrected chi connectivity index (χ0v) is 10.7. The van der Waals surface area contributed by atoms with Crippen molar-refractivity contribution in [3.05, 3.63) is 0 Å². The molecule has 0 aromatic carbocycles. The Labute approximate surface area is 94.4 Å². The number of hydrogen-bond donors (Lipinski definition) is 1. The summed E-state index contributed by atoms with van der Waals surface area (Å²) in [5, 5.41) is 3.72. The number of fused-ring (bicyclic) bond motifs is 2. The van der Waals surface area contributed by atoms with Crippen LogP contribution < -0.4 is 5.32 Å². The van der Waals surface area contributed by atoms with Crippen molar-refractivity contribution in [1.82, 2.24) is 10.2 Å². The molecule has 0 spiro atoms. The first-order chi connectivity index (χ1) is 7.08. The quantitative estimate of drug-likeness (QED) is 0.769. The molecular weight excluding hydrogens is 184 g/mol. The van der Waals surface area contributed by atoms with Crippen LogP contribution in [0, 0.1) is 0 Å². The predicted molar refractivity (Wildman–Crippen MR) is 65.1 cm³/mol. The Morgan fingerprint density at radius 2 is 1.53 bits per heavy atom. The molecule has 1 N–H and O–H groups in total. The molecule has 2 nitrogen and oxygen atoms in total. The van der Waals surface area contributed by atoms with E-state index in [1.54, 1.807) is 0 Å². The summed E-state index contributed by atoms with van der Waals surface area (Å²) in [5.41, 5.74) is 0. The van der Waals surface area contributed by atoms with Gasteiger partial charge >= 0.3 is 0 Å². The maximum atomic E-state index is 3.72. The van der Waals surface area contributed by atoms with E-state index in [1.165, 1.54) is 25.7 Å². The van der Waals surface area contributed by atoms with Gasteiger partial charge < -0.3 is 5.32 Å². The van der Waals surface area contributed by atoms with Crippen LogP contribution >= 0.6 is 0 Å². The Bertz CT molecular complexity index is 199. The van der Waals surface area contributed by atoms with Gasteiger partial charge in [0, 0.05) is 30.2 Å². The van der Waals surface area contributed by atoms with Crippen LogP contribution in [0.3, 0.4) is 0 Å². The molecule has 2 heteroatoms. The highest BCUT2D eigenvalue weighted by Gasteiger charge is 2.41. The van der Waals surface area contributed by atoms with Crippen LogP contribution in [0.2, 0.25) is 0 Å². The third-order valence-corrected chi connectivity index (χ3v) is 3.95. The first-order valence-corrected chi connectivity index (χ1v) is 6.61. The smallest absolute Gasteiger partial charge is 0.0116 e. The highest BCUT2D eigenvalue weighted by Crippen LogP contribution is 2.37. The van der Waals surface area contributed by atoms with Crippen molar-refractivity contribution in [2.45, 2.75) is 83.6 Å². The molecule has 2 heterocycles. The van der Waals surface area contributed by atoms with Crippen LogP contribution in [0.25, 0.3) is 0 Å². The minimum absolute atomic E-state index is 0.639. The van der Waals surface area contributed by atoms with Crippen molar-refractivity contribution in [2.24, 2.45) is 0 Å². The maximum Gasteiger partial charge on any atom is 0.0116 e. The Hall–Kier alpha value is -0.0800. The summed E-state index contributed by atoms with van der Waals surface area (Å²) >= 11 is 0. The van der Waals surface area contributed by atoms with Crippen LogP contribution in [0.1, 0.15) is 53.4 Å². The van der Waals surface area contributed by atoms with E-state index >= 15 is 0 Å². The fourth-order valence-corrected chi connectivity index (χ4v) is 3.66. The third kappa shape index (κ3) is 2.36. The second kappa shape index (κ2) is 4.42. The third-order valence-electron chi connectivity index (χ3n) is 3.95. The van der Waals surface area contributed by atoms with E-state index in [0.29, 0.717) is 6.04 Å². The molecule has 15 heavy (non-hydrogen) atoms. The van der Waals surface area contributed by atoms with E-state index in [4.69, 9.17) is 0 Å². The lowest BCUT2D eigenvalue weighted by Gasteiger charge is -2.42. The molecule has 0 radical (unpaired) electrons. The van der Waals surface area contributed by atoms with Gasteiger partial charge in [-0.05, 0) is 39.5 Å². The summed E-state index contributed by atoms with van der Waals surface area (Å²) in [6.07, 6.45) is 5.60. The molecule has 0 amide bonds. The Morgan fingerprint density at radius 3 is 1.93 bits per heavy atom. The van der Waals surface area contributed by atoms with Gasteiger partial charge in [-0.25, -0.2) is 0 Å². The zero-order valence-electron chi connectivity index (χ0n) is 10.7. The van der Waals surface area contributed by atoms with Crippen molar-refractivity contribution in [3.8, 4) is 0 Å². The summed E-state index contributed by atoms with van der Waals surface area (Å²) in [6, 6.07) is 3.87. The summed E-state index contributed by atoms with van der Waals surface area (Å²) in [7, 11) is 0. The monoisotopic (exact) mass is 210 g/mol. The lowest BCUT2D eigenvalue weighted by Crippen LogP contribution is -2.52. The van der Waals surface area contributed by atoms with Crippen molar-refractivity contribution < 1.29 is 0 Å². The van der Waals surface area contributed by atoms with Gasteiger partial charge in [0.05, 0.1) is 0 Å². The Morgan fingerprint density at radius 1 is 1.00 bits per heavy atom. The standard InChI is InChI=1S/C13H26N2/c1-9(2)14-11-7-12-5-6-13(8-11)15(12)10(3)4/h9-14H,5-8H2,1-4H3/t11-,12+,13-. The molecule has 2 aliphatic rings. The SMILES string of the molecule is CC(C)N[C@H]1C[C@H]2CC[C@@H](C1)N2C(C)C. The van der Waals surface area contributed by atoms with Gasteiger partial charge in [0.1, 0.15) is 0 Å². The molecule has 3 atom stereocenters. The first-order valence-electron chi connectivity index (χ1n) is 6.61. The first kappa shape index (κ1) is 11.4. The number of rotatable bonds is 3. The van der Waals surface area contributed by atoms with E-state index < -0.39 is 0 Å².